The maximum atomic E-state index is 15.1. The van der Waals surface area contributed by atoms with Crippen LogP contribution < -0.4 is 4.74 Å². The van der Waals surface area contributed by atoms with Crippen LogP contribution in [0.4, 0.5) is 13.2 Å². The minimum absolute atomic E-state index is 0.0101. The topological polar surface area (TPSA) is 38.7 Å². The van der Waals surface area contributed by atoms with Crippen molar-refractivity contribution in [3.05, 3.63) is 77.1 Å². The van der Waals surface area contributed by atoms with Crippen LogP contribution in [0.5, 0.6) is 5.75 Å². The van der Waals surface area contributed by atoms with E-state index in [1.54, 1.807) is 37.3 Å². The molecule has 1 N–H and O–H groups in total. The van der Waals surface area contributed by atoms with Gasteiger partial charge in [-0.1, -0.05) is 24.3 Å². The van der Waals surface area contributed by atoms with Crippen LogP contribution in [-0.2, 0) is 11.3 Å². The SMILES string of the molecule is C=CCCOc1ccc(COC2CCC(c3ccc(C4CCC(C(C)O)CC4)c(F)c3F)CC2)c(F)c1. The van der Waals surface area contributed by atoms with E-state index in [2.05, 4.69) is 6.58 Å². The maximum absolute atomic E-state index is 15.1. The molecule has 0 radical (unpaired) electrons. The van der Waals surface area contributed by atoms with E-state index in [-0.39, 0.29) is 42.4 Å². The molecule has 3 nitrogen and oxygen atoms in total. The van der Waals surface area contributed by atoms with Gasteiger partial charge in [0.1, 0.15) is 11.6 Å². The summed E-state index contributed by atoms with van der Waals surface area (Å²) < 4.78 is 56.1. The van der Waals surface area contributed by atoms with Crippen LogP contribution in [0.3, 0.4) is 0 Å². The van der Waals surface area contributed by atoms with E-state index in [4.69, 9.17) is 9.47 Å². The Hall–Kier alpha value is -2.31. The Bertz CT molecular complexity index is 1040. The van der Waals surface area contributed by atoms with Gasteiger partial charge in [0.05, 0.1) is 25.4 Å². The highest BCUT2D eigenvalue weighted by molar-refractivity contribution is 5.32. The van der Waals surface area contributed by atoms with Crippen molar-refractivity contribution in [2.45, 2.75) is 95.4 Å². The fourth-order valence-corrected chi connectivity index (χ4v) is 5.87. The Kier molecular flexibility index (Phi) is 9.71. The lowest BCUT2D eigenvalue weighted by Gasteiger charge is -2.32. The average molecular weight is 517 g/mol. The molecule has 2 fully saturated rings. The Labute approximate surface area is 218 Å². The average Bonchev–Trinajstić information content (AvgIpc) is 2.90. The van der Waals surface area contributed by atoms with Gasteiger partial charge in [-0.05, 0) is 99.7 Å². The number of rotatable bonds is 10. The fourth-order valence-electron chi connectivity index (χ4n) is 5.87. The summed E-state index contributed by atoms with van der Waals surface area (Å²) in [4.78, 5) is 0. The Morgan fingerprint density at radius 3 is 2.05 bits per heavy atom. The Morgan fingerprint density at radius 2 is 1.51 bits per heavy atom. The second-order valence-electron chi connectivity index (χ2n) is 10.7. The molecular formula is C31H39F3O3. The van der Waals surface area contributed by atoms with Crippen LogP contribution in [0, 0.1) is 23.4 Å². The number of halogens is 3. The van der Waals surface area contributed by atoms with Crippen molar-refractivity contribution in [3.63, 3.8) is 0 Å². The van der Waals surface area contributed by atoms with Gasteiger partial charge in [-0.3, -0.25) is 0 Å². The van der Waals surface area contributed by atoms with Crippen molar-refractivity contribution in [1.29, 1.82) is 0 Å². The van der Waals surface area contributed by atoms with Gasteiger partial charge in [-0.15, -0.1) is 6.58 Å². The van der Waals surface area contributed by atoms with Crippen molar-refractivity contribution in [1.82, 2.24) is 0 Å². The van der Waals surface area contributed by atoms with Crippen LogP contribution in [0.15, 0.2) is 43.0 Å². The number of aliphatic hydroxyl groups excluding tert-OH is 1. The smallest absolute Gasteiger partial charge is 0.162 e. The second-order valence-corrected chi connectivity index (χ2v) is 10.7. The highest BCUT2D eigenvalue weighted by Crippen LogP contribution is 2.41. The zero-order valence-corrected chi connectivity index (χ0v) is 21.7. The predicted molar refractivity (Wildman–Crippen MR) is 139 cm³/mol. The lowest BCUT2D eigenvalue weighted by molar-refractivity contribution is 0.0118. The molecule has 1 unspecified atom stereocenters. The minimum atomic E-state index is -0.711. The highest BCUT2D eigenvalue weighted by atomic mass is 19.2. The molecule has 2 saturated carbocycles. The molecule has 1 atom stereocenters. The van der Waals surface area contributed by atoms with Crippen molar-refractivity contribution >= 4 is 0 Å². The summed E-state index contributed by atoms with van der Waals surface area (Å²) in [5, 5.41) is 9.81. The summed E-state index contributed by atoms with van der Waals surface area (Å²) in [6, 6.07) is 8.34. The minimum Gasteiger partial charge on any atom is -0.493 e. The number of aliphatic hydroxyl groups is 1. The molecule has 0 bridgehead atoms. The summed E-state index contributed by atoms with van der Waals surface area (Å²) in [6.45, 7) is 6.07. The molecule has 0 saturated heterocycles. The van der Waals surface area contributed by atoms with E-state index in [0.29, 0.717) is 48.3 Å². The molecule has 2 aromatic rings. The first-order valence-corrected chi connectivity index (χ1v) is 13.7. The third-order valence-electron chi connectivity index (χ3n) is 8.24. The molecule has 0 aliphatic heterocycles. The first kappa shape index (κ1) is 27.7. The maximum Gasteiger partial charge on any atom is 0.162 e. The van der Waals surface area contributed by atoms with Crippen LogP contribution in [0.25, 0.3) is 0 Å². The Morgan fingerprint density at radius 1 is 0.919 bits per heavy atom. The molecular weight excluding hydrogens is 477 g/mol. The molecule has 0 amide bonds. The van der Waals surface area contributed by atoms with E-state index < -0.39 is 11.6 Å². The molecule has 0 aromatic heterocycles. The molecule has 2 aliphatic rings. The highest BCUT2D eigenvalue weighted by Gasteiger charge is 2.30. The largest absolute Gasteiger partial charge is 0.493 e. The van der Waals surface area contributed by atoms with E-state index >= 15 is 8.78 Å². The van der Waals surface area contributed by atoms with Crippen molar-refractivity contribution < 1.29 is 27.8 Å². The molecule has 4 rings (SSSR count). The van der Waals surface area contributed by atoms with Gasteiger partial charge in [0, 0.05) is 11.6 Å². The van der Waals surface area contributed by atoms with Gasteiger partial charge in [0.15, 0.2) is 11.6 Å². The van der Waals surface area contributed by atoms with Crippen LogP contribution >= 0.6 is 0 Å². The number of ether oxygens (including phenoxy) is 2. The molecule has 202 valence electrons. The van der Waals surface area contributed by atoms with Crippen molar-refractivity contribution in [3.8, 4) is 5.75 Å². The van der Waals surface area contributed by atoms with E-state index in [9.17, 15) is 9.50 Å². The zero-order valence-electron chi connectivity index (χ0n) is 21.7. The molecule has 2 aliphatic carbocycles. The van der Waals surface area contributed by atoms with Gasteiger partial charge in [-0.25, -0.2) is 13.2 Å². The van der Waals surface area contributed by atoms with Gasteiger partial charge in [0.25, 0.3) is 0 Å². The number of hydrogen-bond donors (Lipinski definition) is 1. The summed E-state index contributed by atoms with van der Waals surface area (Å²) >= 11 is 0. The monoisotopic (exact) mass is 516 g/mol. The summed E-state index contributed by atoms with van der Waals surface area (Å²) in [5.74, 6) is -1.08. The van der Waals surface area contributed by atoms with Gasteiger partial charge in [-0.2, -0.15) is 0 Å². The third-order valence-corrected chi connectivity index (χ3v) is 8.24. The first-order chi connectivity index (χ1) is 17.9. The lowest BCUT2D eigenvalue weighted by atomic mass is 9.76. The molecule has 6 heteroatoms. The second kappa shape index (κ2) is 13.0. The van der Waals surface area contributed by atoms with Gasteiger partial charge >= 0.3 is 0 Å². The standard InChI is InChI=1S/C31H39F3O3/c1-3-4-17-36-26-14-11-24(29(32)18-26)19-37-25-12-9-23(10-13-25)28-16-15-27(30(33)31(28)34)22-7-5-21(6-8-22)20(2)35/h3,11,14-16,18,20-23,25,35H,1,4-10,12-13,17,19H2,2H3. The molecule has 37 heavy (non-hydrogen) atoms. The van der Waals surface area contributed by atoms with Gasteiger partial charge in [0.2, 0.25) is 0 Å². The lowest BCUT2D eigenvalue weighted by Crippen LogP contribution is -2.23. The van der Waals surface area contributed by atoms with Crippen LogP contribution in [-0.4, -0.2) is 23.9 Å². The summed E-state index contributed by atoms with van der Waals surface area (Å²) in [7, 11) is 0. The molecule has 0 spiro atoms. The third kappa shape index (κ3) is 6.97. The quantitative estimate of drug-likeness (QED) is 0.257. The number of hydrogen-bond acceptors (Lipinski definition) is 3. The van der Waals surface area contributed by atoms with E-state index in [1.807, 2.05) is 0 Å². The van der Waals surface area contributed by atoms with Crippen LogP contribution in [0.1, 0.15) is 93.2 Å². The predicted octanol–water partition coefficient (Wildman–Crippen LogP) is 7.96. The van der Waals surface area contributed by atoms with Gasteiger partial charge < -0.3 is 14.6 Å². The number of benzene rings is 2. The molecule has 0 heterocycles. The van der Waals surface area contributed by atoms with E-state index in [1.165, 1.54) is 6.07 Å². The first-order valence-electron chi connectivity index (χ1n) is 13.7. The van der Waals surface area contributed by atoms with Crippen LogP contribution in [0.2, 0.25) is 0 Å². The van der Waals surface area contributed by atoms with E-state index in [0.717, 1.165) is 38.5 Å². The molecule has 2 aromatic carbocycles. The van der Waals surface area contributed by atoms with Crippen molar-refractivity contribution in [2.24, 2.45) is 5.92 Å². The summed E-state index contributed by atoms with van der Waals surface area (Å²) in [6.07, 6.45) is 8.16. The fraction of sp³-hybridized carbons (Fsp3) is 0.548. The normalized spacial score (nSPS) is 25.0. The summed E-state index contributed by atoms with van der Waals surface area (Å²) in [5.41, 5.74) is 1.40. The van der Waals surface area contributed by atoms with Crippen molar-refractivity contribution in [2.75, 3.05) is 6.61 Å². The zero-order chi connectivity index (χ0) is 26.4. The Balaban J connectivity index is 1.28.